The minimum absolute atomic E-state index is 0.121. The smallest absolute Gasteiger partial charge is 0.411 e. The van der Waals surface area contributed by atoms with E-state index in [2.05, 4.69) is 15.5 Å². The summed E-state index contributed by atoms with van der Waals surface area (Å²) < 4.78 is 11.3. The van der Waals surface area contributed by atoms with Crippen LogP contribution in [0, 0.1) is 5.92 Å². The molecule has 2 N–H and O–H groups in total. The van der Waals surface area contributed by atoms with E-state index in [1.54, 1.807) is 11.9 Å². The normalized spacial score (nSPS) is 23.2. The summed E-state index contributed by atoms with van der Waals surface area (Å²) in [6.07, 6.45) is 1.88. The third kappa shape index (κ3) is 6.87. The molecule has 3 amide bonds. The summed E-state index contributed by atoms with van der Waals surface area (Å²) in [5.74, 6) is -0.440. The van der Waals surface area contributed by atoms with Crippen molar-refractivity contribution in [3.8, 4) is 0 Å². The van der Waals surface area contributed by atoms with Crippen LogP contribution in [0.5, 0.6) is 0 Å². The lowest BCUT2D eigenvalue weighted by Crippen LogP contribution is -2.73. The number of rotatable bonds is 6. The third-order valence-electron chi connectivity index (χ3n) is 7.74. The van der Waals surface area contributed by atoms with Gasteiger partial charge in [-0.2, -0.15) is 0 Å². The number of carbonyl (C=O) groups excluding carboxylic acids is 3. The second kappa shape index (κ2) is 12.6. The van der Waals surface area contributed by atoms with Crippen LogP contribution in [0.2, 0.25) is 0 Å². The Balaban J connectivity index is 1.64. The Morgan fingerprint density at radius 2 is 1.65 bits per heavy atom. The number of para-hydroxylation sites is 1. The van der Waals surface area contributed by atoms with E-state index in [4.69, 9.17) is 9.47 Å². The molecule has 40 heavy (non-hydrogen) atoms. The maximum Gasteiger partial charge on any atom is 0.411 e. The standard InChI is InChI=1S/C31H42N4O5/c1-30(2,3)40-28(37)33-25-15-11-14-24(20-25)31(27(36)32-4)22-34(26-16-9-6-10-17-26)18-19-35(31)29(38)39-21-23-12-7-5-8-13-23/h5-10,12-13,16-17,24-25H,11,14-15,18-22H2,1-4H3,(H,32,36)(H,33,37). The molecule has 2 aliphatic rings. The van der Waals surface area contributed by atoms with Crippen molar-refractivity contribution >= 4 is 23.8 Å². The molecule has 9 nitrogen and oxygen atoms in total. The SMILES string of the molecule is CNC(=O)C1(C2CCCC(NC(=O)OC(C)(C)C)C2)CN(c2ccccc2)CCN1C(=O)OCc1ccccc1. The number of ether oxygens (including phenoxy) is 2. The topological polar surface area (TPSA) is 100 Å². The van der Waals surface area contributed by atoms with Crippen LogP contribution in [-0.4, -0.2) is 66.9 Å². The maximum absolute atomic E-state index is 14.0. The molecule has 1 heterocycles. The Kier molecular flexibility index (Phi) is 9.22. The van der Waals surface area contributed by atoms with Crippen molar-refractivity contribution in [2.75, 3.05) is 31.6 Å². The van der Waals surface area contributed by atoms with Crippen LogP contribution in [0.15, 0.2) is 60.7 Å². The number of benzene rings is 2. The van der Waals surface area contributed by atoms with Gasteiger partial charge < -0.3 is 25.0 Å². The van der Waals surface area contributed by atoms with Crippen LogP contribution in [-0.2, 0) is 20.9 Å². The molecule has 4 rings (SSSR count). The van der Waals surface area contributed by atoms with Gasteiger partial charge in [0.2, 0.25) is 5.91 Å². The zero-order chi connectivity index (χ0) is 28.8. The summed E-state index contributed by atoms with van der Waals surface area (Å²) in [7, 11) is 1.61. The van der Waals surface area contributed by atoms with Gasteiger partial charge in [0.1, 0.15) is 17.7 Å². The van der Waals surface area contributed by atoms with Gasteiger partial charge in [-0.15, -0.1) is 0 Å². The highest BCUT2D eigenvalue weighted by Crippen LogP contribution is 2.41. The monoisotopic (exact) mass is 550 g/mol. The second-order valence-electron chi connectivity index (χ2n) is 11.7. The summed E-state index contributed by atoms with van der Waals surface area (Å²) in [6.45, 7) is 6.82. The molecule has 2 aromatic carbocycles. The van der Waals surface area contributed by atoms with Crippen molar-refractivity contribution in [1.29, 1.82) is 0 Å². The van der Waals surface area contributed by atoms with Crippen LogP contribution in [0.3, 0.4) is 0 Å². The average molecular weight is 551 g/mol. The molecule has 3 atom stereocenters. The lowest BCUT2D eigenvalue weighted by Gasteiger charge is -2.54. The number of piperazine rings is 1. The van der Waals surface area contributed by atoms with Crippen LogP contribution in [0.25, 0.3) is 0 Å². The molecule has 1 saturated carbocycles. The third-order valence-corrected chi connectivity index (χ3v) is 7.74. The van der Waals surface area contributed by atoms with Crippen molar-refractivity contribution in [2.45, 2.75) is 70.2 Å². The molecule has 1 aliphatic heterocycles. The lowest BCUT2D eigenvalue weighted by molar-refractivity contribution is -0.138. The van der Waals surface area contributed by atoms with E-state index >= 15 is 0 Å². The molecular weight excluding hydrogens is 508 g/mol. The predicted molar refractivity (Wildman–Crippen MR) is 154 cm³/mol. The highest BCUT2D eigenvalue weighted by Gasteiger charge is 2.56. The van der Waals surface area contributed by atoms with Crippen molar-refractivity contribution in [2.24, 2.45) is 5.92 Å². The summed E-state index contributed by atoms with van der Waals surface area (Å²) in [5, 5.41) is 5.87. The van der Waals surface area contributed by atoms with E-state index in [-0.39, 0.29) is 24.5 Å². The fraction of sp³-hybridized carbons (Fsp3) is 0.516. The van der Waals surface area contributed by atoms with E-state index in [0.717, 1.165) is 30.5 Å². The molecule has 2 fully saturated rings. The van der Waals surface area contributed by atoms with E-state index in [1.165, 1.54) is 0 Å². The number of alkyl carbamates (subject to hydrolysis) is 1. The van der Waals surface area contributed by atoms with Crippen molar-refractivity contribution in [3.63, 3.8) is 0 Å². The molecule has 9 heteroatoms. The predicted octanol–water partition coefficient (Wildman–Crippen LogP) is 4.71. The molecule has 0 bridgehead atoms. The van der Waals surface area contributed by atoms with Gasteiger partial charge in [0.05, 0.1) is 6.54 Å². The summed E-state index contributed by atoms with van der Waals surface area (Å²) in [4.78, 5) is 44.1. The van der Waals surface area contributed by atoms with Gasteiger partial charge in [-0.25, -0.2) is 9.59 Å². The van der Waals surface area contributed by atoms with E-state index < -0.39 is 23.3 Å². The summed E-state index contributed by atoms with van der Waals surface area (Å²) >= 11 is 0. The van der Waals surface area contributed by atoms with Gasteiger partial charge in [0.25, 0.3) is 0 Å². The number of nitrogens with zero attached hydrogens (tertiary/aromatic N) is 2. The molecule has 216 valence electrons. The van der Waals surface area contributed by atoms with E-state index in [9.17, 15) is 14.4 Å². The largest absolute Gasteiger partial charge is 0.445 e. The van der Waals surface area contributed by atoms with Crippen LogP contribution < -0.4 is 15.5 Å². The van der Waals surface area contributed by atoms with Gasteiger partial charge in [0, 0.05) is 31.9 Å². The maximum atomic E-state index is 14.0. The Morgan fingerprint density at radius 3 is 2.30 bits per heavy atom. The highest BCUT2D eigenvalue weighted by molar-refractivity contribution is 5.91. The van der Waals surface area contributed by atoms with Crippen molar-refractivity contribution < 1.29 is 23.9 Å². The Labute approximate surface area is 237 Å². The van der Waals surface area contributed by atoms with Gasteiger partial charge >= 0.3 is 12.2 Å². The minimum Gasteiger partial charge on any atom is -0.445 e. The Morgan fingerprint density at radius 1 is 0.975 bits per heavy atom. The first-order valence-corrected chi connectivity index (χ1v) is 14.1. The summed E-state index contributed by atoms with van der Waals surface area (Å²) in [6, 6.07) is 19.3. The van der Waals surface area contributed by atoms with Gasteiger partial charge in [-0.1, -0.05) is 55.0 Å². The second-order valence-corrected chi connectivity index (χ2v) is 11.7. The molecule has 1 saturated heterocycles. The average Bonchev–Trinajstić information content (AvgIpc) is 2.95. The molecule has 0 aromatic heterocycles. The molecular formula is C31H42N4O5. The van der Waals surface area contributed by atoms with E-state index in [1.807, 2.05) is 81.4 Å². The van der Waals surface area contributed by atoms with Gasteiger partial charge in [-0.05, 0) is 63.6 Å². The van der Waals surface area contributed by atoms with Gasteiger partial charge in [0.15, 0.2) is 0 Å². The number of nitrogens with one attached hydrogen (secondary N) is 2. The minimum atomic E-state index is -1.19. The Hall–Kier alpha value is -3.75. The van der Waals surface area contributed by atoms with Crippen LogP contribution in [0.1, 0.15) is 52.0 Å². The fourth-order valence-corrected chi connectivity index (χ4v) is 5.96. The van der Waals surface area contributed by atoms with Crippen molar-refractivity contribution in [3.05, 3.63) is 66.2 Å². The number of amides is 3. The molecule has 0 spiro atoms. The number of likely N-dealkylation sites (N-methyl/N-ethyl adjacent to an activating group) is 1. The number of hydrogen-bond donors (Lipinski definition) is 2. The number of carbonyl (C=O) groups is 3. The van der Waals surface area contributed by atoms with Crippen LogP contribution in [0.4, 0.5) is 15.3 Å². The summed E-state index contributed by atoms with van der Waals surface area (Å²) in [5.41, 5.74) is 0.0709. The van der Waals surface area contributed by atoms with E-state index in [0.29, 0.717) is 26.1 Å². The van der Waals surface area contributed by atoms with Gasteiger partial charge in [-0.3, -0.25) is 9.69 Å². The zero-order valence-electron chi connectivity index (χ0n) is 24.0. The van der Waals surface area contributed by atoms with Crippen LogP contribution >= 0.6 is 0 Å². The number of hydrogen-bond acceptors (Lipinski definition) is 6. The first kappa shape index (κ1) is 29.2. The molecule has 0 radical (unpaired) electrons. The Bertz CT molecular complexity index is 1150. The quantitative estimate of drug-likeness (QED) is 0.540. The number of anilines is 1. The highest BCUT2D eigenvalue weighted by atomic mass is 16.6. The first-order chi connectivity index (χ1) is 19.1. The fourth-order valence-electron chi connectivity index (χ4n) is 5.96. The molecule has 3 unspecified atom stereocenters. The molecule has 2 aromatic rings. The zero-order valence-corrected chi connectivity index (χ0v) is 24.0. The first-order valence-electron chi connectivity index (χ1n) is 14.1. The molecule has 1 aliphatic carbocycles. The van der Waals surface area contributed by atoms with Crippen molar-refractivity contribution in [1.82, 2.24) is 15.5 Å². The lowest BCUT2D eigenvalue weighted by atomic mass is 9.70.